The van der Waals surface area contributed by atoms with Gasteiger partial charge in [-0.2, -0.15) is 5.10 Å². The van der Waals surface area contributed by atoms with Crippen LogP contribution in [0.15, 0.2) is 36.5 Å². The van der Waals surface area contributed by atoms with Crippen LogP contribution in [0.2, 0.25) is 0 Å². The molecule has 1 saturated carbocycles. The van der Waals surface area contributed by atoms with Gasteiger partial charge in [-0.25, -0.2) is 9.48 Å². The number of nitrogens with zero attached hydrogens (tertiary/aromatic N) is 3. The molecule has 2 aliphatic heterocycles. The molecule has 2 unspecified atom stereocenters. The van der Waals surface area contributed by atoms with E-state index >= 15 is 0 Å². The number of anilines is 1. The molecule has 1 aliphatic carbocycles. The highest BCUT2D eigenvalue weighted by Crippen LogP contribution is 2.51. The van der Waals surface area contributed by atoms with Crippen LogP contribution in [-0.4, -0.2) is 45.5 Å². The molecule has 1 spiro atoms. The van der Waals surface area contributed by atoms with Gasteiger partial charge >= 0.3 is 6.03 Å². The number of nitrogens with one attached hydrogen (secondary N) is 1. The number of para-hydroxylation sites is 2. The number of hydrogen-bond acceptors (Lipinski definition) is 3. The van der Waals surface area contributed by atoms with Crippen LogP contribution in [0, 0.1) is 12.8 Å². The molecular weight excluding hydrogens is 328 g/mol. The number of benzene rings is 1. The van der Waals surface area contributed by atoms with E-state index in [1.54, 1.807) is 4.68 Å². The van der Waals surface area contributed by atoms with Gasteiger partial charge in [0.05, 0.1) is 29.7 Å². The lowest BCUT2D eigenvalue weighted by Crippen LogP contribution is -2.72. The first-order chi connectivity index (χ1) is 12.7. The zero-order valence-corrected chi connectivity index (χ0v) is 15.0. The Morgan fingerprint density at radius 2 is 2.15 bits per heavy atom. The van der Waals surface area contributed by atoms with Gasteiger partial charge < -0.3 is 15.0 Å². The Hall–Kier alpha value is -2.34. The van der Waals surface area contributed by atoms with Crippen molar-refractivity contribution in [3.63, 3.8) is 0 Å². The second-order valence-corrected chi connectivity index (χ2v) is 7.78. The molecule has 0 bridgehead atoms. The standard InChI is InChI=1S/C20H24N4O2/c1-14-9-11-24(22-14)17-6-3-2-5-16(17)21-19(25)23-13-20(10-4-12-26-20)18(23)15-7-8-15/h2-3,5-6,9,11,15,18H,4,7-8,10,12-13H2,1H3,(H,21,25). The van der Waals surface area contributed by atoms with Crippen LogP contribution < -0.4 is 5.32 Å². The van der Waals surface area contributed by atoms with Crippen LogP contribution in [-0.2, 0) is 4.74 Å². The minimum Gasteiger partial charge on any atom is -0.371 e. The number of likely N-dealkylation sites (tertiary alicyclic amines) is 1. The highest BCUT2D eigenvalue weighted by Gasteiger charge is 2.61. The molecule has 3 aliphatic rings. The van der Waals surface area contributed by atoms with Gasteiger partial charge in [0, 0.05) is 12.8 Å². The monoisotopic (exact) mass is 352 g/mol. The average Bonchev–Trinajstić information content (AvgIpc) is 3.12. The van der Waals surface area contributed by atoms with Crippen LogP contribution in [0.25, 0.3) is 5.69 Å². The van der Waals surface area contributed by atoms with Crippen LogP contribution in [0.3, 0.4) is 0 Å². The largest absolute Gasteiger partial charge is 0.371 e. The molecule has 26 heavy (non-hydrogen) atoms. The summed E-state index contributed by atoms with van der Waals surface area (Å²) < 4.78 is 7.89. The summed E-state index contributed by atoms with van der Waals surface area (Å²) in [5.41, 5.74) is 2.53. The van der Waals surface area contributed by atoms with Crippen LogP contribution in [0.4, 0.5) is 10.5 Å². The van der Waals surface area contributed by atoms with Gasteiger partial charge in [0.1, 0.15) is 5.60 Å². The van der Waals surface area contributed by atoms with E-state index in [1.807, 2.05) is 48.4 Å². The van der Waals surface area contributed by atoms with Crippen LogP contribution in [0.5, 0.6) is 0 Å². The fraction of sp³-hybridized carbons (Fsp3) is 0.500. The quantitative estimate of drug-likeness (QED) is 0.921. The summed E-state index contributed by atoms with van der Waals surface area (Å²) in [5, 5.41) is 7.58. The predicted molar refractivity (Wildman–Crippen MR) is 98.5 cm³/mol. The molecule has 6 nitrogen and oxygen atoms in total. The summed E-state index contributed by atoms with van der Waals surface area (Å²) in [6.45, 7) is 3.50. The van der Waals surface area contributed by atoms with Crippen molar-refractivity contribution in [2.45, 2.75) is 44.2 Å². The Bertz CT molecular complexity index is 836. The first kappa shape index (κ1) is 15.9. The molecule has 6 heteroatoms. The number of aromatic nitrogens is 2. The number of ether oxygens (including phenoxy) is 1. The van der Waals surface area contributed by atoms with Crippen molar-refractivity contribution in [3.05, 3.63) is 42.2 Å². The van der Waals surface area contributed by atoms with Crippen molar-refractivity contribution < 1.29 is 9.53 Å². The van der Waals surface area contributed by atoms with Gasteiger partial charge in [-0.15, -0.1) is 0 Å². The van der Waals surface area contributed by atoms with E-state index in [0.29, 0.717) is 12.5 Å². The predicted octanol–water partition coefficient (Wildman–Crippen LogP) is 3.36. The van der Waals surface area contributed by atoms with E-state index in [-0.39, 0.29) is 17.7 Å². The van der Waals surface area contributed by atoms with E-state index in [1.165, 1.54) is 12.8 Å². The summed E-state index contributed by atoms with van der Waals surface area (Å²) in [6.07, 6.45) is 6.53. The fourth-order valence-corrected chi connectivity index (χ4v) is 4.54. The molecule has 2 aromatic rings. The molecular formula is C20H24N4O2. The number of hydrogen-bond donors (Lipinski definition) is 1. The Morgan fingerprint density at radius 1 is 1.31 bits per heavy atom. The minimum absolute atomic E-state index is 0.0284. The SMILES string of the molecule is Cc1ccn(-c2ccccc2NC(=O)N2CC3(CCCO3)C2C2CC2)n1. The van der Waals surface area contributed by atoms with E-state index in [0.717, 1.165) is 36.5 Å². The number of carbonyl (C=O) groups is 1. The van der Waals surface area contributed by atoms with E-state index in [9.17, 15) is 4.79 Å². The lowest BCUT2D eigenvalue weighted by atomic mass is 9.78. The molecule has 3 heterocycles. The van der Waals surface area contributed by atoms with Crippen molar-refractivity contribution in [2.24, 2.45) is 5.92 Å². The first-order valence-corrected chi connectivity index (χ1v) is 9.50. The number of carbonyl (C=O) groups excluding carboxylic acids is 1. The van der Waals surface area contributed by atoms with Crippen molar-refractivity contribution in [2.75, 3.05) is 18.5 Å². The number of aryl methyl sites for hydroxylation is 1. The minimum atomic E-state index is -0.0723. The first-order valence-electron chi connectivity index (χ1n) is 9.50. The van der Waals surface area contributed by atoms with E-state index < -0.39 is 0 Å². The summed E-state index contributed by atoms with van der Waals surface area (Å²) >= 11 is 0. The molecule has 5 rings (SSSR count). The van der Waals surface area contributed by atoms with Crippen LogP contribution >= 0.6 is 0 Å². The van der Waals surface area contributed by atoms with Gasteiger partial charge in [0.25, 0.3) is 0 Å². The Balaban J connectivity index is 1.37. The molecule has 2 amide bonds. The number of urea groups is 1. The summed E-state index contributed by atoms with van der Waals surface area (Å²) in [5.74, 6) is 0.608. The lowest BCUT2D eigenvalue weighted by Gasteiger charge is -2.55. The van der Waals surface area contributed by atoms with Crippen molar-refractivity contribution >= 4 is 11.7 Å². The smallest absolute Gasteiger partial charge is 0.322 e. The van der Waals surface area contributed by atoms with Crippen molar-refractivity contribution in [1.82, 2.24) is 14.7 Å². The van der Waals surface area contributed by atoms with Crippen LogP contribution in [0.1, 0.15) is 31.4 Å². The lowest BCUT2D eigenvalue weighted by molar-refractivity contribution is -0.145. The maximum Gasteiger partial charge on any atom is 0.322 e. The third-order valence-electron chi connectivity index (χ3n) is 5.89. The van der Waals surface area contributed by atoms with Gasteiger partial charge in [0.15, 0.2) is 0 Å². The van der Waals surface area contributed by atoms with Gasteiger partial charge in [-0.3, -0.25) is 0 Å². The zero-order chi connectivity index (χ0) is 17.7. The normalized spacial score (nSPS) is 27.6. The highest BCUT2D eigenvalue weighted by molar-refractivity contribution is 5.92. The Kier molecular flexibility index (Phi) is 3.57. The van der Waals surface area contributed by atoms with Gasteiger partial charge in [0.2, 0.25) is 0 Å². The highest BCUT2D eigenvalue weighted by atomic mass is 16.5. The van der Waals surface area contributed by atoms with Crippen molar-refractivity contribution in [3.8, 4) is 5.69 Å². The number of rotatable bonds is 3. The third kappa shape index (κ3) is 2.51. The fourth-order valence-electron chi connectivity index (χ4n) is 4.54. The van der Waals surface area contributed by atoms with Gasteiger partial charge in [-0.1, -0.05) is 12.1 Å². The Morgan fingerprint density at radius 3 is 2.85 bits per heavy atom. The van der Waals surface area contributed by atoms with Gasteiger partial charge in [-0.05, 0) is 56.7 Å². The molecule has 1 N–H and O–H groups in total. The maximum atomic E-state index is 13.0. The Labute approximate surface area is 153 Å². The summed E-state index contributed by atoms with van der Waals surface area (Å²) in [4.78, 5) is 15.0. The third-order valence-corrected chi connectivity index (χ3v) is 5.89. The average molecular weight is 352 g/mol. The molecule has 136 valence electrons. The molecule has 2 saturated heterocycles. The molecule has 1 aromatic heterocycles. The zero-order valence-electron chi connectivity index (χ0n) is 15.0. The topological polar surface area (TPSA) is 59.4 Å². The molecule has 3 fully saturated rings. The molecule has 2 atom stereocenters. The maximum absolute atomic E-state index is 13.0. The van der Waals surface area contributed by atoms with E-state index in [4.69, 9.17) is 4.74 Å². The van der Waals surface area contributed by atoms with Crippen molar-refractivity contribution in [1.29, 1.82) is 0 Å². The summed E-state index contributed by atoms with van der Waals surface area (Å²) in [7, 11) is 0. The molecule has 0 radical (unpaired) electrons. The molecule has 1 aromatic carbocycles. The summed E-state index contributed by atoms with van der Waals surface area (Å²) in [6, 6.07) is 9.96. The second kappa shape index (κ2) is 5.84. The second-order valence-electron chi connectivity index (χ2n) is 7.78. The number of amides is 2. The van der Waals surface area contributed by atoms with E-state index in [2.05, 4.69) is 10.4 Å².